The lowest BCUT2D eigenvalue weighted by Crippen LogP contribution is -2.08. The van der Waals surface area contributed by atoms with E-state index in [0.717, 1.165) is 27.9 Å². The number of carbonyl (C=O) groups excluding carboxylic acids is 1. The Bertz CT molecular complexity index is 1290. The molecule has 0 amide bonds. The van der Waals surface area contributed by atoms with Crippen molar-refractivity contribution in [3.63, 3.8) is 0 Å². The third-order valence-electron chi connectivity index (χ3n) is 4.55. The van der Waals surface area contributed by atoms with Gasteiger partial charge >= 0.3 is 5.97 Å². The van der Waals surface area contributed by atoms with Gasteiger partial charge in [0.25, 0.3) is 0 Å². The summed E-state index contributed by atoms with van der Waals surface area (Å²) in [6.45, 7) is 3.94. The van der Waals surface area contributed by atoms with Crippen molar-refractivity contribution in [3.8, 4) is 6.07 Å². The Morgan fingerprint density at radius 1 is 1.30 bits per heavy atom. The molecule has 0 aliphatic carbocycles. The third-order valence-corrected chi connectivity index (χ3v) is 7.36. The van der Waals surface area contributed by atoms with Crippen LogP contribution in [0.15, 0.2) is 51.3 Å². The molecule has 3 aromatic rings. The van der Waals surface area contributed by atoms with Crippen molar-refractivity contribution >= 4 is 44.7 Å². The normalized spacial score (nSPS) is 11.4. The fraction of sp³-hybridized carbons (Fsp3) is 0.238. The van der Waals surface area contributed by atoms with Crippen LogP contribution in [0, 0.1) is 18.3 Å². The fourth-order valence-corrected chi connectivity index (χ4v) is 5.13. The van der Waals surface area contributed by atoms with Crippen LogP contribution in [0.5, 0.6) is 0 Å². The van der Waals surface area contributed by atoms with E-state index in [2.05, 4.69) is 6.07 Å². The van der Waals surface area contributed by atoms with E-state index in [-0.39, 0.29) is 23.9 Å². The van der Waals surface area contributed by atoms with Crippen molar-refractivity contribution in [1.29, 1.82) is 5.26 Å². The number of sulfone groups is 1. The highest BCUT2D eigenvalue weighted by molar-refractivity contribution is 7.99. The van der Waals surface area contributed by atoms with Gasteiger partial charge in [-0.05, 0) is 55.3 Å². The molecule has 0 radical (unpaired) electrons. The monoisotopic (exact) mass is 462 g/mol. The van der Waals surface area contributed by atoms with Crippen LogP contribution in [0.4, 0.5) is 0 Å². The van der Waals surface area contributed by atoms with Crippen LogP contribution in [0.3, 0.4) is 0 Å². The maximum Gasteiger partial charge on any atom is 0.310 e. The van der Waals surface area contributed by atoms with Gasteiger partial charge in [0, 0.05) is 17.3 Å². The highest BCUT2D eigenvalue weighted by atomic mass is 35.5. The Hall–Kier alpha value is -2.47. The van der Waals surface area contributed by atoms with Crippen molar-refractivity contribution in [2.45, 2.75) is 35.1 Å². The lowest BCUT2D eigenvalue weighted by Gasteiger charge is -2.08. The molecular formula is C21H19ClN2O4S2. The second-order valence-electron chi connectivity index (χ2n) is 6.64. The molecule has 1 aromatic carbocycles. The third kappa shape index (κ3) is 4.48. The predicted octanol–water partition coefficient (Wildman–Crippen LogP) is 4.43. The smallest absolute Gasteiger partial charge is 0.310 e. The molecule has 0 aliphatic heterocycles. The number of nitriles is 1. The van der Waals surface area contributed by atoms with E-state index in [1.807, 2.05) is 11.3 Å². The lowest BCUT2D eigenvalue weighted by atomic mass is 10.1. The fourth-order valence-electron chi connectivity index (χ4n) is 3.09. The Balaban J connectivity index is 2.11. The number of hydrogen-bond donors (Lipinski definition) is 0. The highest BCUT2D eigenvalue weighted by Gasteiger charge is 2.20. The first kappa shape index (κ1) is 22.2. The van der Waals surface area contributed by atoms with Crippen LogP contribution < -0.4 is 0 Å². The van der Waals surface area contributed by atoms with E-state index >= 15 is 0 Å². The van der Waals surface area contributed by atoms with Crippen LogP contribution in [0.1, 0.15) is 23.6 Å². The maximum absolute atomic E-state index is 12.1. The zero-order valence-electron chi connectivity index (χ0n) is 16.6. The predicted molar refractivity (Wildman–Crippen MR) is 116 cm³/mol. The molecule has 6 nitrogen and oxygen atoms in total. The summed E-state index contributed by atoms with van der Waals surface area (Å²) in [5.41, 5.74) is 2.87. The van der Waals surface area contributed by atoms with Gasteiger partial charge in [-0.15, -0.1) is 0 Å². The molecular weight excluding hydrogens is 444 g/mol. The van der Waals surface area contributed by atoms with E-state index in [1.54, 1.807) is 31.3 Å². The topological polar surface area (TPSA) is 88.6 Å². The molecule has 2 heterocycles. The average molecular weight is 463 g/mol. The minimum absolute atomic E-state index is 0.0827. The van der Waals surface area contributed by atoms with Gasteiger partial charge in [-0.3, -0.25) is 4.79 Å². The molecule has 0 N–H and O–H groups in total. The first-order valence-electron chi connectivity index (χ1n) is 9.02. The van der Waals surface area contributed by atoms with Crippen molar-refractivity contribution in [2.24, 2.45) is 0 Å². The molecule has 0 saturated carbocycles. The minimum Gasteiger partial charge on any atom is -0.466 e. The SMILES string of the molecule is CCOC(=O)Cc1c(C)c(Sc2ccc(S(C)(=O)=O)cc2Cl)n2ccc(C#N)cc12. The van der Waals surface area contributed by atoms with Gasteiger partial charge in [0.1, 0.15) is 0 Å². The molecule has 2 aromatic heterocycles. The number of pyridine rings is 1. The van der Waals surface area contributed by atoms with E-state index in [9.17, 15) is 18.5 Å². The quantitative estimate of drug-likeness (QED) is 0.503. The molecule has 0 atom stereocenters. The van der Waals surface area contributed by atoms with Crippen LogP contribution in [0.25, 0.3) is 5.52 Å². The number of carbonyl (C=O) groups is 1. The second kappa shape index (κ2) is 8.72. The Kier molecular flexibility index (Phi) is 6.46. The van der Waals surface area contributed by atoms with Gasteiger partial charge in [-0.2, -0.15) is 5.26 Å². The molecule has 3 rings (SSSR count). The van der Waals surface area contributed by atoms with E-state index in [4.69, 9.17) is 16.3 Å². The van der Waals surface area contributed by atoms with Crippen molar-refractivity contribution in [2.75, 3.05) is 12.9 Å². The summed E-state index contributed by atoms with van der Waals surface area (Å²) in [7, 11) is -3.36. The van der Waals surface area contributed by atoms with Crippen molar-refractivity contribution < 1.29 is 17.9 Å². The summed E-state index contributed by atoms with van der Waals surface area (Å²) >= 11 is 7.72. The summed E-state index contributed by atoms with van der Waals surface area (Å²) in [6, 6.07) is 10.2. The number of rotatable bonds is 6. The molecule has 0 unspecified atom stereocenters. The number of esters is 1. The van der Waals surface area contributed by atoms with Gasteiger partial charge in [0.2, 0.25) is 0 Å². The highest BCUT2D eigenvalue weighted by Crippen LogP contribution is 2.39. The van der Waals surface area contributed by atoms with Crippen LogP contribution >= 0.6 is 23.4 Å². The number of ether oxygens (including phenoxy) is 1. The number of aromatic nitrogens is 1. The number of halogens is 1. The van der Waals surface area contributed by atoms with Gasteiger partial charge < -0.3 is 9.14 Å². The minimum atomic E-state index is -3.36. The van der Waals surface area contributed by atoms with Crippen LogP contribution in [-0.4, -0.2) is 31.7 Å². The van der Waals surface area contributed by atoms with Crippen molar-refractivity contribution in [1.82, 2.24) is 4.40 Å². The number of nitrogens with zero attached hydrogens (tertiary/aromatic N) is 2. The van der Waals surface area contributed by atoms with Crippen LogP contribution in [-0.2, 0) is 25.8 Å². The molecule has 0 bridgehead atoms. The molecule has 0 aliphatic rings. The largest absolute Gasteiger partial charge is 0.466 e. The molecule has 0 fully saturated rings. The molecule has 156 valence electrons. The summed E-state index contributed by atoms with van der Waals surface area (Å²) in [6.07, 6.45) is 2.99. The van der Waals surface area contributed by atoms with Gasteiger partial charge in [-0.1, -0.05) is 23.4 Å². The molecule has 30 heavy (non-hydrogen) atoms. The number of fused-ring (bicyclic) bond motifs is 1. The number of hydrogen-bond acceptors (Lipinski definition) is 6. The van der Waals surface area contributed by atoms with E-state index in [0.29, 0.717) is 15.5 Å². The molecule has 0 saturated heterocycles. The zero-order chi connectivity index (χ0) is 22.1. The standard InChI is InChI=1S/C21H19ClN2O4S2/c1-4-28-20(25)11-16-13(2)21(24-8-7-14(12-23)9-18(16)24)29-19-6-5-15(10-17(19)22)30(3,26)27/h5-10H,4,11H2,1-3H3. The first-order chi connectivity index (χ1) is 14.2. The Morgan fingerprint density at radius 3 is 2.63 bits per heavy atom. The maximum atomic E-state index is 12.1. The second-order valence-corrected chi connectivity index (χ2v) is 10.1. The number of benzene rings is 1. The Morgan fingerprint density at radius 2 is 2.03 bits per heavy atom. The van der Waals surface area contributed by atoms with E-state index in [1.165, 1.54) is 23.9 Å². The average Bonchev–Trinajstić information content (AvgIpc) is 2.93. The Labute approximate surface area is 184 Å². The van der Waals surface area contributed by atoms with Crippen molar-refractivity contribution in [3.05, 3.63) is 58.2 Å². The summed E-state index contributed by atoms with van der Waals surface area (Å²) in [4.78, 5) is 13.0. The molecule has 9 heteroatoms. The molecule has 0 spiro atoms. The van der Waals surface area contributed by atoms with Crippen LogP contribution in [0.2, 0.25) is 5.02 Å². The van der Waals surface area contributed by atoms with Gasteiger partial charge in [0.05, 0.1) is 45.1 Å². The first-order valence-corrected chi connectivity index (χ1v) is 12.1. The summed E-state index contributed by atoms with van der Waals surface area (Å²) in [5, 5.41) is 10.4. The summed E-state index contributed by atoms with van der Waals surface area (Å²) < 4.78 is 30.5. The van der Waals surface area contributed by atoms with Gasteiger partial charge in [0.15, 0.2) is 9.84 Å². The lowest BCUT2D eigenvalue weighted by molar-refractivity contribution is -0.142. The van der Waals surface area contributed by atoms with E-state index < -0.39 is 9.84 Å². The zero-order valence-corrected chi connectivity index (χ0v) is 19.0. The van der Waals surface area contributed by atoms with Gasteiger partial charge in [-0.25, -0.2) is 8.42 Å². The summed E-state index contributed by atoms with van der Waals surface area (Å²) in [5.74, 6) is -0.345.